The van der Waals surface area contributed by atoms with Gasteiger partial charge in [0.15, 0.2) is 5.78 Å². The molecule has 25 heavy (non-hydrogen) atoms. The lowest BCUT2D eigenvalue weighted by Crippen LogP contribution is -1.86. The second-order valence-corrected chi connectivity index (χ2v) is 5.97. The number of hydrogen-bond donors (Lipinski definition) is 2. The molecule has 0 fully saturated rings. The van der Waals surface area contributed by atoms with Crippen molar-refractivity contribution in [1.82, 2.24) is 0 Å². The molecule has 0 radical (unpaired) electrons. The second-order valence-electron chi connectivity index (χ2n) is 5.97. The average molecular weight is 344 g/mol. The summed E-state index contributed by atoms with van der Waals surface area (Å²) in [5, 5.41) is 17.3. The van der Waals surface area contributed by atoms with Crippen LogP contribution in [0.3, 0.4) is 0 Å². The molecule has 0 bridgehead atoms. The molecule has 0 saturated heterocycles. The highest BCUT2D eigenvalue weighted by Gasteiger charge is 1.91. The molecule has 0 unspecified atom stereocenters. The van der Waals surface area contributed by atoms with Crippen molar-refractivity contribution < 1.29 is 15.0 Å². The molecule has 0 aliphatic heterocycles. The van der Waals surface area contributed by atoms with E-state index in [1.807, 2.05) is 13.0 Å². The lowest BCUT2D eigenvalue weighted by molar-refractivity contribution is -0.110. The highest BCUT2D eigenvalue weighted by Crippen LogP contribution is 2.14. The fraction of sp³-hybridized carbons (Fsp3) is 0.409. The Kier molecular flexibility index (Phi) is 13.9. The number of benzene rings is 1. The molecule has 0 amide bonds. The Morgan fingerprint density at radius 1 is 1.08 bits per heavy atom. The number of phenolic OH excluding ortho intramolecular Hbond substituents is 2. The fourth-order valence-electron chi connectivity index (χ4n) is 2.07. The van der Waals surface area contributed by atoms with Crippen LogP contribution in [0.5, 0.6) is 11.5 Å². The maximum atomic E-state index is 11.4. The number of unbranched alkanes of at least 4 members (excludes halogenated alkanes) is 6. The molecule has 2 N–H and O–H groups in total. The highest BCUT2D eigenvalue weighted by molar-refractivity contribution is 5.99. The van der Waals surface area contributed by atoms with Crippen LogP contribution in [0.15, 0.2) is 60.7 Å². The van der Waals surface area contributed by atoms with Crippen LogP contribution in [0.1, 0.15) is 58.8 Å². The predicted octanol–water partition coefficient (Wildman–Crippen LogP) is 6.09. The Morgan fingerprint density at radius 2 is 1.68 bits per heavy atom. The summed E-state index contributed by atoms with van der Waals surface area (Å²) < 4.78 is 0. The summed E-state index contributed by atoms with van der Waals surface area (Å²) >= 11 is 0. The summed E-state index contributed by atoms with van der Waals surface area (Å²) in [5.74, 6) is 0.239. The van der Waals surface area contributed by atoms with Crippen LogP contribution in [-0.2, 0) is 4.79 Å². The van der Waals surface area contributed by atoms with E-state index in [-0.39, 0.29) is 17.3 Å². The maximum Gasteiger partial charge on any atom is 0.178 e. The summed E-state index contributed by atoms with van der Waals surface area (Å²) in [6.07, 6.45) is 15.8. The van der Waals surface area contributed by atoms with Crippen LogP contribution >= 0.6 is 0 Å². The lowest BCUT2D eigenvalue weighted by Gasteiger charge is -1.97. The summed E-state index contributed by atoms with van der Waals surface area (Å²) in [6.45, 7) is 7.72. The topological polar surface area (TPSA) is 57.5 Å². The maximum absolute atomic E-state index is 11.4. The predicted molar refractivity (Wildman–Crippen MR) is 106 cm³/mol. The van der Waals surface area contributed by atoms with Crippen molar-refractivity contribution in [3.63, 3.8) is 0 Å². The first-order chi connectivity index (χ1) is 12.0. The van der Waals surface area contributed by atoms with Crippen molar-refractivity contribution >= 4 is 5.78 Å². The van der Waals surface area contributed by atoms with E-state index in [0.717, 1.165) is 12.0 Å². The molecule has 0 aliphatic carbocycles. The zero-order valence-electron chi connectivity index (χ0n) is 15.6. The van der Waals surface area contributed by atoms with Crippen LogP contribution < -0.4 is 0 Å². The van der Waals surface area contributed by atoms with Crippen LogP contribution in [0.25, 0.3) is 0 Å². The molecule has 3 nitrogen and oxygen atoms in total. The van der Waals surface area contributed by atoms with E-state index < -0.39 is 0 Å². The van der Waals surface area contributed by atoms with Crippen LogP contribution in [0, 0.1) is 0 Å². The molecule has 1 aromatic carbocycles. The highest BCUT2D eigenvalue weighted by atomic mass is 16.3. The smallest absolute Gasteiger partial charge is 0.178 e. The van der Waals surface area contributed by atoms with Gasteiger partial charge in [0.25, 0.3) is 0 Å². The zero-order valence-corrected chi connectivity index (χ0v) is 15.6. The third-order valence-corrected chi connectivity index (χ3v) is 3.53. The Hall–Kier alpha value is -2.29. The van der Waals surface area contributed by atoms with E-state index in [0.29, 0.717) is 0 Å². The summed E-state index contributed by atoms with van der Waals surface area (Å²) in [4.78, 5) is 11.4. The molecule has 0 aromatic heterocycles. The van der Waals surface area contributed by atoms with Crippen molar-refractivity contribution in [2.45, 2.75) is 58.8 Å². The first-order valence-electron chi connectivity index (χ1n) is 8.98. The van der Waals surface area contributed by atoms with Gasteiger partial charge >= 0.3 is 0 Å². The first-order valence-corrected chi connectivity index (χ1v) is 8.98. The number of hydrogen-bond acceptors (Lipinski definition) is 3. The minimum atomic E-state index is 0.0633. The van der Waals surface area contributed by atoms with Gasteiger partial charge in [-0.15, -0.1) is 0 Å². The monoisotopic (exact) mass is 344 g/mol. The molecule has 1 aromatic rings. The molecule has 1 rings (SSSR count). The van der Waals surface area contributed by atoms with E-state index in [1.54, 1.807) is 24.3 Å². The number of allylic oxidation sites excluding steroid dienone is 5. The second kappa shape index (κ2) is 15.3. The summed E-state index contributed by atoms with van der Waals surface area (Å²) in [7, 11) is 0. The van der Waals surface area contributed by atoms with Gasteiger partial charge in [0, 0.05) is 6.07 Å². The molecular formula is C22H32O3. The van der Waals surface area contributed by atoms with Crippen molar-refractivity contribution in [3.8, 4) is 11.5 Å². The molecule has 0 atom stereocenters. The van der Waals surface area contributed by atoms with Gasteiger partial charge in [-0.1, -0.05) is 63.8 Å². The SMILES string of the molecule is C=CC(C)=CC(=O)C=CCCCCCCCC.Oc1cccc(O)c1. The number of phenols is 2. The Morgan fingerprint density at radius 3 is 2.20 bits per heavy atom. The van der Waals surface area contributed by atoms with Gasteiger partial charge < -0.3 is 10.2 Å². The molecule has 0 saturated carbocycles. The number of aromatic hydroxyl groups is 2. The van der Waals surface area contributed by atoms with Gasteiger partial charge in [-0.25, -0.2) is 0 Å². The van der Waals surface area contributed by atoms with Crippen molar-refractivity contribution in [1.29, 1.82) is 0 Å². The van der Waals surface area contributed by atoms with Crippen LogP contribution in [0.4, 0.5) is 0 Å². The van der Waals surface area contributed by atoms with Gasteiger partial charge in [-0.3, -0.25) is 4.79 Å². The normalized spacial score (nSPS) is 11.0. The summed E-state index contributed by atoms with van der Waals surface area (Å²) in [6, 6.07) is 5.85. The minimum absolute atomic E-state index is 0.0633. The molecule has 0 aliphatic rings. The van der Waals surface area contributed by atoms with Gasteiger partial charge in [0.05, 0.1) is 0 Å². The number of rotatable bonds is 10. The zero-order chi connectivity index (χ0) is 18.9. The van der Waals surface area contributed by atoms with Gasteiger partial charge in [0.2, 0.25) is 0 Å². The van der Waals surface area contributed by atoms with Crippen LogP contribution in [0.2, 0.25) is 0 Å². The molecule has 3 heteroatoms. The van der Waals surface area contributed by atoms with Crippen molar-refractivity contribution in [2.75, 3.05) is 0 Å². The van der Waals surface area contributed by atoms with Gasteiger partial charge in [0.1, 0.15) is 11.5 Å². The first kappa shape index (κ1) is 22.7. The number of carbonyl (C=O) groups excluding carboxylic acids is 1. The standard InChI is InChI=1S/C16H26O.C6H6O2/c1-4-6-7-8-9-10-11-12-13-16(17)14-15(3)5-2;7-5-2-1-3-6(8)4-5/h5,12-14H,2,4,6-11H2,1,3H3;1-4,7-8H. The number of carbonyl (C=O) groups is 1. The minimum Gasteiger partial charge on any atom is -0.508 e. The Bertz CT molecular complexity index is 539. The Labute approximate surface area is 152 Å². The Balaban J connectivity index is 0.000000593. The van der Waals surface area contributed by atoms with Gasteiger partial charge in [-0.2, -0.15) is 0 Å². The van der Waals surface area contributed by atoms with Gasteiger partial charge in [-0.05, 0) is 49.6 Å². The van der Waals surface area contributed by atoms with Crippen LogP contribution in [-0.4, -0.2) is 16.0 Å². The molecule has 0 spiro atoms. The van der Waals surface area contributed by atoms with Crippen molar-refractivity contribution in [3.05, 3.63) is 60.7 Å². The largest absolute Gasteiger partial charge is 0.508 e. The third kappa shape index (κ3) is 15.0. The van der Waals surface area contributed by atoms with E-state index in [9.17, 15) is 4.79 Å². The third-order valence-electron chi connectivity index (χ3n) is 3.53. The van der Waals surface area contributed by atoms with E-state index in [2.05, 4.69) is 13.5 Å². The molecule has 0 heterocycles. The molecule has 138 valence electrons. The lowest BCUT2D eigenvalue weighted by atomic mass is 10.1. The average Bonchev–Trinajstić information content (AvgIpc) is 2.57. The van der Waals surface area contributed by atoms with Crippen molar-refractivity contribution in [2.24, 2.45) is 0 Å². The van der Waals surface area contributed by atoms with E-state index in [1.165, 1.54) is 56.7 Å². The van der Waals surface area contributed by atoms with E-state index in [4.69, 9.17) is 10.2 Å². The molecular weight excluding hydrogens is 312 g/mol. The van der Waals surface area contributed by atoms with E-state index >= 15 is 0 Å². The number of ketones is 1. The quantitative estimate of drug-likeness (QED) is 0.307. The summed E-state index contributed by atoms with van der Waals surface area (Å²) in [5.41, 5.74) is 0.916. The fourth-order valence-corrected chi connectivity index (χ4v) is 2.07.